The zero-order valence-corrected chi connectivity index (χ0v) is 18.5. The topological polar surface area (TPSA) is 169 Å². The van der Waals surface area contributed by atoms with Crippen LogP contribution in [0, 0.1) is 0 Å². The van der Waals surface area contributed by atoms with Crippen molar-refractivity contribution in [1.29, 1.82) is 0 Å². The molecule has 12 heteroatoms. The molecule has 0 aliphatic rings. The van der Waals surface area contributed by atoms with Crippen molar-refractivity contribution in [3.8, 4) is 0 Å². The van der Waals surface area contributed by atoms with E-state index in [2.05, 4.69) is 21.3 Å². The highest BCUT2D eigenvalue weighted by Crippen LogP contribution is 2.43. The second kappa shape index (κ2) is 16.2. The predicted molar refractivity (Wildman–Crippen MR) is 107 cm³/mol. The third-order valence-corrected chi connectivity index (χ3v) is 4.91. The van der Waals surface area contributed by atoms with Gasteiger partial charge in [-0.3, -0.25) is 18.6 Å². The molecule has 0 aliphatic heterocycles. The fourth-order valence-electron chi connectivity index (χ4n) is 2.22. The number of carbonyl (C=O) groups is 3. The van der Waals surface area contributed by atoms with E-state index in [-0.39, 0.29) is 12.8 Å². The van der Waals surface area contributed by atoms with Crippen LogP contribution in [-0.4, -0.2) is 64.9 Å². The Labute approximate surface area is 176 Å². The summed E-state index contributed by atoms with van der Waals surface area (Å²) in [6.07, 6.45) is 4.98. The average molecular weight is 455 g/mol. The van der Waals surface area contributed by atoms with Crippen LogP contribution < -0.4 is 5.32 Å². The van der Waals surface area contributed by atoms with Gasteiger partial charge in [0.25, 0.3) is 0 Å². The lowest BCUT2D eigenvalue weighted by Gasteiger charge is -2.18. The van der Waals surface area contributed by atoms with Gasteiger partial charge in [-0.25, -0.2) is 9.36 Å². The number of unbranched alkanes of at least 4 members (excludes halogenated alkanes) is 5. The van der Waals surface area contributed by atoms with Gasteiger partial charge in [-0.1, -0.05) is 46.0 Å². The Morgan fingerprint density at radius 1 is 0.967 bits per heavy atom. The van der Waals surface area contributed by atoms with Crippen LogP contribution in [-0.2, 0) is 32.7 Å². The molecular formula is C18H34NO10P. The van der Waals surface area contributed by atoms with Crippen molar-refractivity contribution < 1.29 is 47.8 Å². The summed E-state index contributed by atoms with van der Waals surface area (Å²) < 4.78 is 25.8. The van der Waals surface area contributed by atoms with Crippen molar-refractivity contribution in [1.82, 2.24) is 5.32 Å². The van der Waals surface area contributed by atoms with Crippen LogP contribution in [0.3, 0.4) is 0 Å². The number of ether oxygens (including phenoxy) is 1. The van der Waals surface area contributed by atoms with Crippen molar-refractivity contribution in [2.45, 2.75) is 77.4 Å². The third kappa shape index (κ3) is 15.3. The lowest BCUT2D eigenvalue weighted by atomic mass is 10.1. The summed E-state index contributed by atoms with van der Waals surface area (Å²) in [7, 11) is -4.69. The molecule has 3 unspecified atom stereocenters. The molecule has 0 saturated heterocycles. The molecule has 0 saturated carbocycles. The molecular weight excluding hydrogens is 421 g/mol. The summed E-state index contributed by atoms with van der Waals surface area (Å²) >= 11 is 0. The highest BCUT2D eigenvalue weighted by atomic mass is 31.2. The molecule has 30 heavy (non-hydrogen) atoms. The second-order valence-electron chi connectivity index (χ2n) is 6.73. The number of amides is 1. The zero-order chi connectivity index (χ0) is 23.0. The average Bonchev–Trinajstić information content (AvgIpc) is 2.70. The Morgan fingerprint density at radius 2 is 1.57 bits per heavy atom. The van der Waals surface area contributed by atoms with Crippen molar-refractivity contribution in [3.63, 3.8) is 0 Å². The number of hydrogen-bond acceptors (Lipinski definition) is 8. The number of phosphoric ester groups is 1. The maximum absolute atomic E-state index is 11.8. The summed E-state index contributed by atoms with van der Waals surface area (Å²) in [4.78, 5) is 43.4. The molecule has 0 aromatic heterocycles. The zero-order valence-electron chi connectivity index (χ0n) is 17.6. The predicted octanol–water partition coefficient (Wildman–Crippen LogP) is 1.75. The molecule has 0 rings (SSSR count). The van der Waals surface area contributed by atoms with E-state index in [4.69, 9.17) is 9.84 Å². The smallest absolute Gasteiger partial charge is 0.472 e. The summed E-state index contributed by atoms with van der Waals surface area (Å²) in [5, 5.41) is 20.8. The van der Waals surface area contributed by atoms with E-state index in [1.807, 2.05) is 0 Å². The van der Waals surface area contributed by atoms with E-state index < -0.39 is 57.6 Å². The van der Waals surface area contributed by atoms with Gasteiger partial charge in [0.05, 0.1) is 13.2 Å². The highest BCUT2D eigenvalue weighted by Gasteiger charge is 2.28. The molecule has 0 fully saturated rings. The van der Waals surface area contributed by atoms with Crippen LogP contribution in [0.5, 0.6) is 0 Å². The number of nitrogens with one attached hydrogen (secondary N) is 1. The molecule has 11 nitrogen and oxygen atoms in total. The number of rotatable bonds is 18. The van der Waals surface area contributed by atoms with E-state index in [0.29, 0.717) is 6.42 Å². The van der Waals surface area contributed by atoms with Crippen molar-refractivity contribution in [3.05, 3.63) is 0 Å². The van der Waals surface area contributed by atoms with Crippen molar-refractivity contribution in [2.24, 2.45) is 0 Å². The maximum Gasteiger partial charge on any atom is 0.472 e. The molecule has 0 radical (unpaired) electrons. The molecule has 0 aromatic rings. The van der Waals surface area contributed by atoms with Crippen LogP contribution in [0.1, 0.15) is 65.2 Å². The number of carboxylic acid groups (broad SMARTS) is 1. The Balaban J connectivity index is 4.10. The quantitative estimate of drug-likeness (QED) is 0.136. The Hall–Kier alpha value is -1.52. The monoisotopic (exact) mass is 455 g/mol. The molecule has 1 amide bonds. The van der Waals surface area contributed by atoms with Crippen LogP contribution in [0.25, 0.3) is 0 Å². The van der Waals surface area contributed by atoms with Crippen molar-refractivity contribution in [2.75, 3.05) is 19.8 Å². The fourth-order valence-corrected chi connectivity index (χ4v) is 2.99. The minimum atomic E-state index is -4.69. The van der Waals surface area contributed by atoms with Crippen LogP contribution in [0.2, 0.25) is 0 Å². The molecule has 176 valence electrons. The first kappa shape index (κ1) is 28.5. The number of carboxylic acids is 1. The molecule has 0 spiro atoms. The van der Waals surface area contributed by atoms with Crippen LogP contribution in [0.4, 0.5) is 0 Å². The summed E-state index contributed by atoms with van der Waals surface area (Å²) in [6, 6.07) is -1.53. The van der Waals surface area contributed by atoms with Crippen LogP contribution in [0.15, 0.2) is 0 Å². The van der Waals surface area contributed by atoms with Gasteiger partial charge in [0, 0.05) is 12.8 Å². The molecule has 4 N–H and O–H groups in total. The highest BCUT2D eigenvalue weighted by molar-refractivity contribution is 7.47. The van der Waals surface area contributed by atoms with Gasteiger partial charge >= 0.3 is 19.8 Å². The first-order chi connectivity index (χ1) is 14.1. The number of aliphatic carboxylic acids is 1. The van der Waals surface area contributed by atoms with Crippen LogP contribution >= 0.6 is 7.82 Å². The number of carbonyl (C=O) groups excluding carboxylic acids is 2. The van der Waals surface area contributed by atoms with E-state index in [0.717, 1.165) is 25.7 Å². The van der Waals surface area contributed by atoms with Gasteiger partial charge in [-0.2, -0.15) is 0 Å². The minimum Gasteiger partial charge on any atom is -0.480 e. The number of aliphatic hydroxyl groups excluding tert-OH is 1. The van der Waals surface area contributed by atoms with Gasteiger partial charge in [0.15, 0.2) is 6.04 Å². The van der Waals surface area contributed by atoms with Gasteiger partial charge in [-0.05, 0) is 6.42 Å². The standard InChI is InChI=1S/C18H34NO10P/c1-3-5-6-7-8-9-10-17(22)27-11-14(20)12-28-30(25,26)29-13-15(18(23)24)19-16(21)4-2/h14-15,20H,3-13H2,1-2H3,(H,19,21)(H,23,24)(H,25,26). The summed E-state index contributed by atoms with van der Waals surface area (Å²) in [5.74, 6) is -2.50. The first-order valence-corrected chi connectivity index (χ1v) is 11.6. The molecule has 3 atom stereocenters. The molecule has 0 aromatic carbocycles. The van der Waals surface area contributed by atoms with Gasteiger partial charge in [0.2, 0.25) is 5.91 Å². The van der Waals surface area contributed by atoms with Gasteiger partial charge < -0.3 is 25.2 Å². The minimum absolute atomic E-state index is 0.0286. The number of esters is 1. The van der Waals surface area contributed by atoms with Crippen molar-refractivity contribution >= 4 is 25.7 Å². The third-order valence-electron chi connectivity index (χ3n) is 3.96. The number of hydrogen-bond donors (Lipinski definition) is 4. The number of aliphatic hydroxyl groups is 1. The summed E-state index contributed by atoms with van der Waals surface area (Å²) in [6.45, 7) is 1.74. The van der Waals surface area contributed by atoms with E-state index in [1.54, 1.807) is 0 Å². The largest absolute Gasteiger partial charge is 0.480 e. The Morgan fingerprint density at radius 3 is 2.17 bits per heavy atom. The lowest BCUT2D eigenvalue weighted by molar-refractivity contribution is -0.147. The van der Waals surface area contributed by atoms with E-state index >= 15 is 0 Å². The van der Waals surface area contributed by atoms with E-state index in [9.17, 15) is 28.9 Å². The fraction of sp³-hybridized carbons (Fsp3) is 0.833. The maximum atomic E-state index is 11.8. The number of phosphoric acid groups is 1. The van der Waals surface area contributed by atoms with Gasteiger partial charge in [0.1, 0.15) is 12.7 Å². The second-order valence-corrected chi connectivity index (χ2v) is 8.18. The normalized spacial score (nSPS) is 15.1. The Kier molecular flexibility index (Phi) is 15.4. The first-order valence-electron chi connectivity index (χ1n) is 10.1. The Bertz CT molecular complexity index is 571. The van der Waals surface area contributed by atoms with Gasteiger partial charge in [-0.15, -0.1) is 0 Å². The SMILES string of the molecule is CCCCCCCCC(=O)OCC(O)COP(=O)(O)OCC(NC(=O)CC)C(=O)O. The molecule has 0 heterocycles. The molecule has 0 bridgehead atoms. The summed E-state index contributed by atoms with van der Waals surface area (Å²) in [5.41, 5.74) is 0. The molecule has 0 aliphatic carbocycles. The van der Waals surface area contributed by atoms with E-state index in [1.165, 1.54) is 13.3 Å². The lowest BCUT2D eigenvalue weighted by Crippen LogP contribution is -2.43.